The summed E-state index contributed by atoms with van der Waals surface area (Å²) in [6.45, 7) is 0. The van der Waals surface area contributed by atoms with E-state index >= 15 is 0 Å². The number of aromatic nitrogens is 3. The van der Waals surface area contributed by atoms with E-state index in [9.17, 15) is 9.59 Å². The van der Waals surface area contributed by atoms with Gasteiger partial charge < -0.3 is 10.2 Å². The van der Waals surface area contributed by atoms with Gasteiger partial charge in [-0.25, -0.2) is 4.79 Å². The van der Waals surface area contributed by atoms with Gasteiger partial charge in [-0.15, -0.1) is 0 Å². The zero-order chi connectivity index (χ0) is 12.0. The van der Waals surface area contributed by atoms with Crippen molar-refractivity contribution >= 4 is 27.8 Å². The number of pyridine rings is 1. The molecule has 0 atom stereocenters. The van der Waals surface area contributed by atoms with Gasteiger partial charge in [-0.1, -0.05) is 0 Å². The molecule has 0 unspecified atom stereocenters. The van der Waals surface area contributed by atoms with E-state index in [-0.39, 0.29) is 5.56 Å². The highest BCUT2D eigenvalue weighted by Gasteiger charge is 2.14. The summed E-state index contributed by atoms with van der Waals surface area (Å²) in [5, 5.41) is 15.6. The molecule has 2 aromatic heterocycles. The summed E-state index contributed by atoms with van der Waals surface area (Å²) in [7, 11) is 0. The summed E-state index contributed by atoms with van der Waals surface area (Å²) >= 11 is 0. The first kappa shape index (κ1) is 9.59. The molecule has 6 nitrogen and oxygen atoms in total. The van der Waals surface area contributed by atoms with Crippen molar-refractivity contribution in [3.05, 3.63) is 40.3 Å². The van der Waals surface area contributed by atoms with Gasteiger partial charge in [-0.3, -0.25) is 14.9 Å². The number of hydrogen-bond donors (Lipinski definition) is 3. The highest BCUT2D eigenvalue weighted by molar-refractivity contribution is 6.05. The molecule has 1 aromatic carbocycles. The first-order valence-electron chi connectivity index (χ1n) is 4.89. The van der Waals surface area contributed by atoms with Gasteiger partial charge in [0.1, 0.15) is 5.56 Å². The zero-order valence-corrected chi connectivity index (χ0v) is 8.52. The van der Waals surface area contributed by atoms with Crippen molar-refractivity contribution in [2.24, 2.45) is 0 Å². The maximum absolute atomic E-state index is 12.0. The molecule has 84 valence electrons. The van der Waals surface area contributed by atoms with Crippen LogP contribution in [0.3, 0.4) is 0 Å². The van der Waals surface area contributed by atoms with Gasteiger partial charge in [0, 0.05) is 17.8 Å². The van der Waals surface area contributed by atoms with E-state index in [1.54, 1.807) is 18.3 Å². The number of nitrogens with one attached hydrogen (secondary N) is 2. The Labute approximate surface area is 93.9 Å². The molecule has 0 saturated heterocycles. The standard InChI is InChI=1S/C11H7N3O3/c15-10-6(11(16)17)4-12-7-2-1-5-3-13-14-9(5)8(7)10/h1-4,13-14H,(H,16,17). The third kappa shape index (κ3) is 1.24. The Morgan fingerprint density at radius 3 is 2.94 bits per heavy atom. The van der Waals surface area contributed by atoms with Crippen LogP contribution in [-0.2, 0) is 0 Å². The Morgan fingerprint density at radius 2 is 2.18 bits per heavy atom. The second-order valence-electron chi connectivity index (χ2n) is 3.64. The summed E-state index contributed by atoms with van der Waals surface area (Å²) in [4.78, 5) is 26.9. The second kappa shape index (κ2) is 3.18. The maximum atomic E-state index is 12.0. The van der Waals surface area contributed by atoms with Gasteiger partial charge in [0.25, 0.3) is 0 Å². The van der Waals surface area contributed by atoms with E-state index in [0.29, 0.717) is 16.4 Å². The van der Waals surface area contributed by atoms with Gasteiger partial charge in [0.05, 0.1) is 16.4 Å². The molecule has 17 heavy (non-hydrogen) atoms. The minimum absolute atomic E-state index is 0.295. The number of aromatic carboxylic acids is 1. The fourth-order valence-electron chi connectivity index (χ4n) is 1.87. The molecule has 0 aliphatic carbocycles. The number of hydrogen-bond acceptors (Lipinski definition) is 3. The lowest BCUT2D eigenvalue weighted by atomic mass is 10.1. The molecule has 3 aromatic rings. The Balaban J connectivity index is 2.60. The Bertz CT molecular complexity index is 800. The van der Waals surface area contributed by atoms with Crippen LogP contribution < -0.4 is 5.43 Å². The number of carboxylic acids is 1. The maximum Gasteiger partial charge on any atom is 0.341 e. The van der Waals surface area contributed by atoms with Crippen LogP contribution in [0, 0.1) is 0 Å². The van der Waals surface area contributed by atoms with Crippen LogP contribution in [0.1, 0.15) is 10.4 Å². The van der Waals surface area contributed by atoms with Crippen LogP contribution in [-0.4, -0.2) is 26.3 Å². The number of H-pyrrole nitrogens is 2. The van der Waals surface area contributed by atoms with Crippen molar-refractivity contribution in [2.75, 3.05) is 0 Å². The minimum atomic E-state index is -1.27. The van der Waals surface area contributed by atoms with Crippen molar-refractivity contribution in [1.82, 2.24) is 15.2 Å². The van der Waals surface area contributed by atoms with E-state index in [0.717, 1.165) is 11.6 Å². The molecule has 0 bridgehead atoms. The predicted molar refractivity (Wildman–Crippen MR) is 61.2 cm³/mol. The Kier molecular flexibility index (Phi) is 1.79. The van der Waals surface area contributed by atoms with Crippen molar-refractivity contribution in [3.8, 4) is 0 Å². The second-order valence-corrected chi connectivity index (χ2v) is 3.64. The van der Waals surface area contributed by atoms with Crippen LogP contribution in [0.5, 0.6) is 0 Å². The molecule has 3 rings (SSSR count). The van der Waals surface area contributed by atoms with Crippen LogP contribution >= 0.6 is 0 Å². The number of carbonyl (C=O) groups is 1. The van der Waals surface area contributed by atoms with Gasteiger partial charge in [-0.05, 0) is 12.1 Å². The topological polar surface area (TPSA) is 98.8 Å². The molecule has 3 N–H and O–H groups in total. The summed E-state index contributed by atoms with van der Waals surface area (Å²) in [5.74, 6) is -1.27. The molecular weight excluding hydrogens is 222 g/mol. The summed E-state index contributed by atoms with van der Waals surface area (Å²) in [6, 6.07) is 3.49. The number of rotatable bonds is 1. The van der Waals surface area contributed by atoms with E-state index in [2.05, 4.69) is 15.2 Å². The number of carboxylic acid groups (broad SMARTS) is 1. The lowest BCUT2D eigenvalue weighted by Crippen LogP contribution is -2.15. The Morgan fingerprint density at radius 1 is 1.35 bits per heavy atom. The zero-order valence-electron chi connectivity index (χ0n) is 8.52. The molecule has 6 heteroatoms. The molecule has 0 saturated carbocycles. The minimum Gasteiger partial charge on any atom is -0.477 e. The van der Waals surface area contributed by atoms with E-state index in [1.165, 1.54) is 0 Å². The molecule has 0 fully saturated rings. The quantitative estimate of drug-likeness (QED) is 0.581. The van der Waals surface area contributed by atoms with Gasteiger partial charge in [0.2, 0.25) is 5.43 Å². The molecule has 0 radical (unpaired) electrons. The summed E-state index contributed by atoms with van der Waals surface area (Å²) in [6.07, 6.45) is 2.78. The first-order valence-corrected chi connectivity index (χ1v) is 4.89. The largest absolute Gasteiger partial charge is 0.477 e. The average Bonchev–Trinajstić information content (AvgIpc) is 2.76. The number of nitrogens with zero attached hydrogens (tertiary/aromatic N) is 1. The van der Waals surface area contributed by atoms with E-state index in [4.69, 9.17) is 5.11 Å². The van der Waals surface area contributed by atoms with Crippen molar-refractivity contribution < 1.29 is 9.90 Å². The molecule has 0 spiro atoms. The van der Waals surface area contributed by atoms with Crippen LogP contribution in [0.2, 0.25) is 0 Å². The van der Waals surface area contributed by atoms with Gasteiger partial charge >= 0.3 is 5.97 Å². The number of aromatic amines is 2. The van der Waals surface area contributed by atoms with Crippen LogP contribution in [0.4, 0.5) is 0 Å². The summed E-state index contributed by atoms with van der Waals surface area (Å²) in [5.41, 5.74) is 0.204. The fourth-order valence-corrected chi connectivity index (χ4v) is 1.87. The lowest BCUT2D eigenvalue weighted by Gasteiger charge is -1.99. The lowest BCUT2D eigenvalue weighted by molar-refractivity contribution is 0.0695. The SMILES string of the molecule is O=C(O)c1cnc2ccc3c[nH][nH]c3c2c1=O. The van der Waals surface area contributed by atoms with Crippen molar-refractivity contribution in [2.45, 2.75) is 0 Å². The summed E-state index contributed by atoms with van der Waals surface area (Å²) < 4.78 is 0. The van der Waals surface area contributed by atoms with Crippen LogP contribution in [0.25, 0.3) is 21.8 Å². The Hall–Kier alpha value is -2.63. The number of benzene rings is 1. The predicted octanol–water partition coefficient (Wildman–Crippen LogP) is 1.10. The first-order chi connectivity index (χ1) is 8.18. The van der Waals surface area contributed by atoms with E-state index < -0.39 is 11.4 Å². The molecule has 0 aliphatic heterocycles. The third-order valence-electron chi connectivity index (χ3n) is 2.68. The van der Waals surface area contributed by atoms with Gasteiger partial charge in [-0.2, -0.15) is 0 Å². The normalized spacial score (nSPS) is 11.1. The molecule has 0 aliphatic rings. The smallest absolute Gasteiger partial charge is 0.341 e. The monoisotopic (exact) mass is 229 g/mol. The van der Waals surface area contributed by atoms with Crippen molar-refractivity contribution in [3.63, 3.8) is 0 Å². The van der Waals surface area contributed by atoms with E-state index in [1.807, 2.05) is 0 Å². The highest BCUT2D eigenvalue weighted by atomic mass is 16.4. The van der Waals surface area contributed by atoms with Crippen molar-refractivity contribution in [1.29, 1.82) is 0 Å². The third-order valence-corrected chi connectivity index (χ3v) is 2.68. The van der Waals surface area contributed by atoms with Crippen LogP contribution in [0.15, 0.2) is 29.3 Å². The molecule has 2 heterocycles. The molecule has 0 amide bonds. The average molecular weight is 229 g/mol. The fraction of sp³-hybridized carbons (Fsp3) is 0. The highest BCUT2D eigenvalue weighted by Crippen LogP contribution is 2.19. The number of fused-ring (bicyclic) bond motifs is 3. The van der Waals surface area contributed by atoms with Gasteiger partial charge in [0.15, 0.2) is 0 Å². The molecular formula is C11H7N3O3.